The Labute approximate surface area is 154 Å². The molecule has 1 amide bonds. The van der Waals surface area contributed by atoms with Gasteiger partial charge in [-0.05, 0) is 50.9 Å². The molecule has 6 nitrogen and oxygen atoms in total. The maximum absolute atomic E-state index is 12.5. The summed E-state index contributed by atoms with van der Waals surface area (Å²) in [5.74, 6) is 0.595. The van der Waals surface area contributed by atoms with Gasteiger partial charge in [-0.1, -0.05) is 6.07 Å². The highest BCUT2D eigenvalue weighted by Crippen LogP contribution is 2.29. The van der Waals surface area contributed by atoms with Crippen LogP contribution in [0.3, 0.4) is 0 Å². The van der Waals surface area contributed by atoms with Crippen molar-refractivity contribution in [2.45, 2.75) is 32.7 Å². The fraction of sp³-hybridized carbons (Fsp3) is 0.444. The van der Waals surface area contributed by atoms with Crippen LogP contribution in [0.25, 0.3) is 0 Å². The molecule has 1 aliphatic rings. The van der Waals surface area contributed by atoms with Crippen LogP contribution < -0.4 is 15.4 Å². The van der Waals surface area contributed by atoms with Gasteiger partial charge in [0.1, 0.15) is 5.75 Å². The second-order valence-corrected chi connectivity index (χ2v) is 6.22. The first-order valence-corrected chi connectivity index (χ1v) is 8.31. The number of hydrogen-bond acceptors (Lipinski definition) is 4. The topological polar surface area (TPSA) is 68.2 Å². The Morgan fingerprint density at radius 2 is 2.16 bits per heavy atom. The zero-order valence-electron chi connectivity index (χ0n) is 14.8. The Kier molecular flexibility index (Phi) is 6.45. The van der Waals surface area contributed by atoms with Gasteiger partial charge < -0.3 is 15.4 Å². The predicted octanol–water partition coefficient (Wildman–Crippen LogP) is 3.11. The Morgan fingerprint density at radius 1 is 1.36 bits per heavy atom. The van der Waals surface area contributed by atoms with Crippen LogP contribution >= 0.6 is 12.4 Å². The number of benzene rings is 1. The summed E-state index contributed by atoms with van der Waals surface area (Å²) in [5, 5.41) is 10.7. The fourth-order valence-electron chi connectivity index (χ4n) is 3.18. The molecule has 1 atom stereocenters. The van der Waals surface area contributed by atoms with E-state index >= 15 is 0 Å². The van der Waals surface area contributed by atoms with Crippen molar-refractivity contribution >= 4 is 24.0 Å². The van der Waals surface area contributed by atoms with Gasteiger partial charge in [-0.15, -0.1) is 12.4 Å². The third-order valence-corrected chi connectivity index (χ3v) is 4.54. The van der Waals surface area contributed by atoms with E-state index in [9.17, 15) is 4.79 Å². The quantitative estimate of drug-likeness (QED) is 0.874. The average Bonchev–Trinajstić information content (AvgIpc) is 3.09. The number of aromatic nitrogens is 2. The lowest BCUT2D eigenvalue weighted by molar-refractivity contribution is 0.102. The number of aryl methyl sites for hydroxylation is 1. The van der Waals surface area contributed by atoms with Gasteiger partial charge in [0.2, 0.25) is 0 Å². The minimum Gasteiger partial charge on any atom is -0.496 e. The number of amides is 1. The van der Waals surface area contributed by atoms with Crippen LogP contribution in [0.4, 0.5) is 5.69 Å². The van der Waals surface area contributed by atoms with Gasteiger partial charge in [-0.25, -0.2) is 0 Å². The van der Waals surface area contributed by atoms with E-state index in [2.05, 4.69) is 15.7 Å². The molecule has 25 heavy (non-hydrogen) atoms. The summed E-state index contributed by atoms with van der Waals surface area (Å²) in [6, 6.07) is 5.92. The summed E-state index contributed by atoms with van der Waals surface area (Å²) < 4.78 is 7.30. The lowest BCUT2D eigenvalue weighted by Crippen LogP contribution is -2.32. The molecule has 7 heteroatoms. The largest absolute Gasteiger partial charge is 0.496 e. The molecule has 0 bridgehead atoms. The number of carbonyl (C=O) groups excluding carboxylic acids is 1. The van der Waals surface area contributed by atoms with Gasteiger partial charge in [0.05, 0.1) is 13.2 Å². The Balaban J connectivity index is 0.00000225. The summed E-state index contributed by atoms with van der Waals surface area (Å²) in [6.45, 7) is 5.88. The molecule has 2 N–H and O–H groups in total. The lowest BCUT2D eigenvalue weighted by atomic mass is 10.1. The summed E-state index contributed by atoms with van der Waals surface area (Å²) in [5.41, 5.74) is 3.14. The zero-order valence-corrected chi connectivity index (χ0v) is 15.7. The van der Waals surface area contributed by atoms with Gasteiger partial charge >= 0.3 is 0 Å². The van der Waals surface area contributed by atoms with Crippen molar-refractivity contribution in [2.75, 3.05) is 25.5 Å². The number of nitrogens with one attached hydrogen (secondary N) is 2. The predicted molar refractivity (Wildman–Crippen MR) is 101 cm³/mol. The SMILES string of the molecule is COc1c(C)ccc(NC(=O)c2ccn(C3CCCNC3)n2)c1C.Cl. The first-order chi connectivity index (χ1) is 11.6. The highest BCUT2D eigenvalue weighted by Gasteiger charge is 2.18. The number of carbonyl (C=O) groups is 1. The van der Waals surface area contributed by atoms with Crippen LogP contribution in [0, 0.1) is 13.8 Å². The number of nitrogens with zero attached hydrogens (tertiary/aromatic N) is 2. The van der Waals surface area contributed by atoms with Gasteiger partial charge in [0, 0.05) is 24.0 Å². The van der Waals surface area contributed by atoms with Gasteiger partial charge in [0.25, 0.3) is 5.91 Å². The molecule has 0 radical (unpaired) electrons. The highest BCUT2D eigenvalue weighted by molar-refractivity contribution is 6.03. The third-order valence-electron chi connectivity index (χ3n) is 4.54. The molecule has 0 aliphatic carbocycles. The molecule has 1 aromatic heterocycles. The molecule has 1 unspecified atom stereocenters. The minimum atomic E-state index is -0.202. The van der Waals surface area contributed by atoms with Gasteiger partial charge in [-0.2, -0.15) is 5.10 Å². The molecule has 2 aromatic rings. The lowest BCUT2D eigenvalue weighted by Gasteiger charge is -2.22. The molecule has 136 valence electrons. The van der Waals surface area contributed by atoms with E-state index in [0.717, 1.165) is 48.5 Å². The number of halogens is 1. The fourth-order valence-corrected chi connectivity index (χ4v) is 3.18. The standard InChI is InChI=1S/C18H24N4O2.ClH/c1-12-6-7-15(13(2)17(12)24-3)20-18(23)16-8-10-22(21-16)14-5-4-9-19-11-14;/h6-8,10,14,19H,4-5,9,11H2,1-3H3,(H,20,23);1H. The van der Waals surface area contributed by atoms with Crippen molar-refractivity contribution in [1.82, 2.24) is 15.1 Å². The maximum Gasteiger partial charge on any atom is 0.276 e. The summed E-state index contributed by atoms with van der Waals surface area (Å²) in [4.78, 5) is 12.5. The second-order valence-electron chi connectivity index (χ2n) is 6.22. The van der Waals surface area contributed by atoms with E-state index in [1.165, 1.54) is 0 Å². The van der Waals surface area contributed by atoms with Crippen LogP contribution in [-0.4, -0.2) is 35.9 Å². The van der Waals surface area contributed by atoms with Crippen molar-refractivity contribution in [3.63, 3.8) is 0 Å². The monoisotopic (exact) mass is 364 g/mol. The normalized spacial score (nSPS) is 16.8. The van der Waals surface area contributed by atoms with Gasteiger partial charge in [-0.3, -0.25) is 9.48 Å². The molecule has 1 fully saturated rings. The molecule has 0 saturated carbocycles. The first-order valence-electron chi connectivity index (χ1n) is 8.31. The number of rotatable bonds is 4. The number of hydrogen-bond donors (Lipinski definition) is 2. The summed E-state index contributed by atoms with van der Waals surface area (Å²) >= 11 is 0. The Hall–Kier alpha value is -2.05. The van der Waals surface area contributed by atoms with E-state index in [0.29, 0.717) is 11.7 Å². The Bertz CT molecular complexity index is 739. The van der Waals surface area contributed by atoms with Crippen LogP contribution in [0.5, 0.6) is 5.75 Å². The molecule has 3 rings (SSSR count). The highest BCUT2D eigenvalue weighted by atomic mass is 35.5. The first kappa shape index (κ1) is 19.3. The molecule has 1 aromatic carbocycles. The number of ether oxygens (including phenoxy) is 1. The number of methoxy groups -OCH3 is 1. The second kappa shape index (κ2) is 8.36. The molecule has 2 heterocycles. The van der Waals surface area contributed by atoms with Crippen molar-refractivity contribution in [3.8, 4) is 5.75 Å². The molecule has 0 spiro atoms. The Morgan fingerprint density at radius 3 is 2.84 bits per heavy atom. The van der Waals surface area contributed by atoms with Crippen LogP contribution in [0.1, 0.15) is 40.5 Å². The van der Waals surface area contributed by atoms with Crippen LogP contribution in [0.15, 0.2) is 24.4 Å². The van der Waals surface area contributed by atoms with Crippen LogP contribution in [0.2, 0.25) is 0 Å². The zero-order chi connectivity index (χ0) is 17.1. The summed E-state index contributed by atoms with van der Waals surface area (Å²) in [7, 11) is 1.64. The van der Waals surface area contributed by atoms with E-state index in [4.69, 9.17) is 4.74 Å². The van der Waals surface area contributed by atoms with Crippen molar-refractivity contribution in [3.05, 3.63) is 41.2 Å². The van der Waals surface area contributed by atoms with Crippen molar-refractivity contribution < 1.29 is 9.53 Å². The third kappa shape index (κ3) is 4.14. The molecular weight excluding hydrogens is 340 g/mol. The van der Waals surface area contributed by atoms with Gasteiger partial charge in [0.15, 0.2) is 5.69 Å². The maximum atomic E-state index is 12.5. The van der Waals surface area contributed by atoms with Crippen molar-refractivity contribution in [1.29, 1.82) is 0 Å². The van der Waals surface area contributed by atoms with Crippen molar-refractivity contribution in [2.24, 2.45) is 0 Å². The van der Waals surface area contributed by atoms with E-state index < -0.39 is 0 Å². The van der Waals surface area contributed by atoms with E-state index in [1.807, 2.05) is 36.9 Å². The smallest absolute Gasteiger partial charge is 0.276 e. The molecular formula is C18H25ClN4O2. The molecule has 1 saturated heterocycles. The van der Waals surface area contributed by atoms with E-state index in [-0.39, 0.29) is 18.3 Å². The minimum absolute atomic E-state index is 0. The van der Waals surface area contributed by atoms with Crippen LogP contribution in [-0.2, 0) is 0 Å². The number of anilines is 1. The number of piperidine rings is 1. The molecule has 1 aliphatic heterocycles. The van der Waals surface area contributed by atoms with E-state index in [1.54, 1.807) is 13.2 Å². The summed E-state index contributed by atoms with van der Waals surface area (Å²) in [6.07, 6.45) is 4.10. The average molecular weight is 365 g/mol.